The summed E-state index contributed by atoms with van der Waals surface area (Å²) in [6, 6.07) is 3.81. The van der Waals surface area contributed by atoms with Gasteiger partial charge in [-0.15, -0.1) is 0 Å². The number of hydrogen-bond donors (Lipinski definition) is 3. The lowest BCUT2D eigenvalue weighted by molar-refractivity contribution is -0.129. The third-order valence-electron chi connectivity index (χ3n) is 6.33. The summed E-state index contributed by atoms with van der Waals surface area (Å²) in [6.45, 7) is 3.96. The summed E-state index contributed by atoms with van der Waals surface area (Å²) in [4.78, 5) is 26.2. The van der Waals surface area contributed by atoms with Crippen LogP contribution in [0.15, 0.2) is 16.6 Å². The van der Waals surface area contributed by atoms with Gasteiger partial charge in [-0.25, -0.2) is 0 Å². The number of aromatic nitrogens is 2. The van der Waals surface area contributed by atoms with Crippen LogP contribution in [0.2, 0.25) is 0 Å². The zero-order valence-electron chi connectivity index (χ0n) is 16.4. The molecule has 3 heterocycles. The van der Waals surface area contributed by atoms with Crippen LogP contribution in [0.3, 0.4) is 0 Å². The van der Waals surface area contributed by atoms with Gasteiger partial charge in [0.25, 0.3) is 5.91 Å². The molecule has 2 saturated heterocycles. The SMILES string of the molecule is NC(=O)c1n[nH]c2c(Br)cc(C[CH]C(=O)N3CCC(C4CCNCC4)CC3)cc12. The molecule has 2 amide bonds. The third-order valence-corrected chi connectivity index (χ3v) is 6.96. The number of nitrogens with one attached hydrogen (secondary N) is 2. The maximum Gasteiger partial charge on any atom is 0.269 e. The molecule has 1 radical (unpaired) electrons. The van der Waals surface area contributed by atoms with Crippen molar-refractivity contribution in [2.45, 2.75) is 32.1 Å². The highest BCUT2D eigenvalue weighted by atomic mass is 79.9. The molecule has 2 aliphatic rings. The van der Waals surface area contributed by atoms with Crippen molar-refractivity contribution in [3.63, 3.8) is 0 Å². The van der Waals surface area contributed by atoms with Crippen LogP contribution < -0.4 is 11.1 Å². The van der Waals surface area contributed by atoms with Gasteiger partial charge in [0, 0.05) is 22.9 Å². The number of halogens is 1. The Morgan fingerprint density at radius 2 is 1.86 bits per heavy atom. The zero-order chi connectivity index (χ0) is 20.4. The van der Waals surface area contributed by atoms with Crippen molar-refractivity contribution in [3.05, 3.63) is 34.3 Å². The Kier molecular flexibility index (Phi) is 6.20. The lowest BCUT2D eigenvalue weighted by Gasteiger charge is -2.37. The number of carbonyl (C=O) groups is 2. The lowest BCUT2D eigenvalue weighted by Crippen LogP contribution is -2.42. The van der Waals surface area contributed by atoms with E-state index in [0.717, 1.165) is 66.4 Å². The first-order valence-corrected chi connectivity index (χ1v) is 11.1. The predicted molar refractivity (Wildman–Crippen MR) is 115 cm³/mol. The first kappa shape index (κ1) is 20.3. The molecular formula is C21H27BrN5O2. The van der Waals surface area contributed by atoms with Gasteiger partial charge in [-0.3, -0.25) is 14.7 Å². The standard InChI is InChI=1S/C21H27BrN5O2/c22-17-12-13(11-16-19(17)25-26-20(16)21(23)29)1-2-18(28)27-9-5-15(6-10-27)14-3-7-24-8-4-14/h2,11-12,14-15,24H,1,3-10H2,(H2,23,29)(H,25,26). The number of H-pyrrole nitrogens is 1. The first-order chi connectivity index (χ1) is 14.0. The van der Waals surface area contributed by atoms with Crippen molar-refractivity contribution in [1.29, 1.82) is 0 Å². The van der Waals surface area contributed by atoms with E-state index in [1.807, 2.05) is 17.0 Å². The number of fused-ring (bicyclic) bond motifs is 1. The minimum Gasteiger partial charge on any atom is -0.364 e. The topological polar surface area (TPSA) is 104 Å². The molecule has 0 bridgehead atoms. The van der Waals surface area contributed by atoms with Gasteiger partial charge in [-0.05, 0) is 90.7 Å². The molecule has 0 atom stereocenters. The predicted octanol–water partition coefficient (Wildman–Crippen LogP) is 2.41. The Morgan fingerprint density at radius 1 is 1.17 bits per heavy atom. The van der Waals surface area contributed by atoms with Crippen molar-refractivity contribution in [3.8, 4) is 0 Å². The normalized spacial score (nSPS) is 19.0. The van der Waals surface area contributed by atoms with Crippen molar-refractivity contribution in [2.75, 3.05) is 26.2 Å². The van der Waals surface area contributed by atoms with E-state index >= 15 is 0 Å². The average molecular weight is 461 g/mol. The van der Waals surface area contributed by atoms with Crippen LogP contribution in [0.25, 0.3) is 10.9 Å². The Morgan fingerprint density at radius 3 is 2.55 bits per heavy atom. The minimum absolute atomic E-state index is 0.0901. The number of likely N-dealkylation sites (tertiary alicyclic amines) is 1. The number of nitrogens with two attached hydrogens (primary N) is 1. The molecular weight excluding hydrogens is 434 g/mol. The van der Waals surface area contributed by atoms with Gasteiger partial charge in [-0.1, -0.05) is 0 Å². The van der Waals surface area contributed by atoms with Crippen molar-refractivity contribution < 1.29 is 9.59 Å². The van der Waals surface area contributed by atoms with Gasteiger partial charge in [0.05, 0.1) is 11.9 Å². The smallest absolute Gasteiger partial charge is 0.269 e. The molecule has 1 aromatic carbocycles. The number of nitrogens with zero attached hydrogens (tertiary/aromatic N) is 2. The molecule has 4 N–H and O–H groups in total. The molecule has 2 aromatic rings. The highest BCUT2D eigenvalue weighted by Crippen LogP contribution is 2.31. The number of amides is 2. The molecule has 0 spiro atoms. The average Bonchev–Trinajstić information content (AvgIpc) is 3.18. The fourth-order valence-corrected chi connectivity index (χ4v) is 5.28. The van der Waals surface area contributed by atoms with Crippen molar-refractivity contribution >= 4 is 38.6 Å². The number of carbonyl (C=O) groups excluding carboxylic acids is 2. The second-order valence-electron chi connectivity index (χ2n) is 8.10. The van der Waals surface area contributed by atoms with E-state index in [2.05, 4.69) is 31.4 Å². The number of piperidine rings is 2. The molecule has 7 nitrogen and oxygen atoms in total. The molecule has 0 saturated carbocycles. The summed E-state index contributed by atoms with van der Waals surface area (Å²) in [7, 11) is 0. The molecule has 155 valence electrons. The van der Waals surface area contributed by atoms with Gasteiger partial charge in [-0.2, -0.15) is 5.10 Å². The van der Waals surface area contributed by atoms with Gasteiger partial charge in [0.2, 0.25) is 5.91 Å². The summed E-state index contributed by atoms with van der Waals surface area (Å²) < 4.78 is 0.800. The second-order valence-corrected chi connectivity index (χ2v) is 8.95. The fourth-order valence-electron chi connectivity index (χ4n) is 4.68. The number of hydrogen-bond acceptors (Lipinski definition) is 4. The number of aromatic amines is 1. The minimum atomic E-state index is -0.572. The van der Waals surface area contributed by atoms with Crippen molar-refractivity contribution in [1.82, 2.24) is 20.4 Å². The largest absolute Gasteiger partial charge is 0.364 e. The Bertz CT molecular complexity index is 898. The molecule has 8 heteroatoms. The molecule has 2 aliphatic heterocycles. The number of benzene rings is 1. The van der Waals surface area contributed by atoms with E-state index in [9.17, 15) is 9.59 Å². The summed E-state index contributed by atoms with van der Waals surface area (Å²) in [5.41, 5.74) is 7.28. The van der Waals surface area contributed by atoms with Crippen LogP contribution in [0, 0.1) is 18.3 Å². The quantitative estimate of drug-likeness (QED) is 0.636. The van der Waals surface area contributed by atoms with Crippen LogP contribution in [-0.4, -0.2) is 53.1 Å². The van der Waals surface area contributed by atoms with E-state index in [1.54, 1.807) is 6.42 Å². The molecule has 0 aliphatic carbocycles. The number of rotatable bonds is 5. The van der Waals surface area contributed by atoms with Crippen LogP contribution in [0.4, 0.5) is 0 Å². The fraction of sp³-hybridized carbons (Fsp3) is 0.524. The van der Waals surface area contributed by atoms with Gasteiger partial charge in [0.1, 0.15) is 0 Å². The van der Waals surface area contributed by atoms with E-state index in [1.165, 1.54) is 12.8 Å². The molecule has 29 heavy (non-hydrogen) atoms. The maximum atomic E-state index is 12.7. The van der Waals surface area contributed by atoms with Crippen molar-refractivity contribution in [2.24, 2.45) is 17.6 Å². The van der Waals surface area contributed by atoms with Crippen LogP contribution in [0.1, 0.15) is 41.7 Å². The summed E-state index contributed by atoms with van der Waals surface area (Å²) in [5.74, 6) is 1.09. The van der Waals surface area contributed by atoms with Gasteiger partial charge in [0.15, 0.2) is 5.69 Å². The van der Waals surface area contributed by atoms with Gasteiger partial charge >= 0.3 is 0 Å². The summed E-state index contributed by atoms with van der Waals surface area (Å²) >= 11 is 3.50. The Hall–Kier alpha value is -1.93. The molecule has 2 fully saturated rings. The Labute approximate surface area is 178 Å². The van der Waals surface area contributed by atoms with E-state index in [4.69, 9.17) is 5.73 Å². The molecule has 1 aromatic heterocycles. The second kappa shape index (κ2) is 8.83. The van der Waals surface area contributed by atoms with Crippen LogP contribution >= 0.6 is 15.9 Å². The van der Waals surface area contributed by atoms with E-state index < -0.39 is 5.91 Å². The summed E-state index contributed by atoms with van der Waals surface area (Å²) in [5, 5.41) is 10.9. The monoisotopic (exact) mass is 460 g/mol. The Balaban J connectivity index is 1.34. The van der Waals surface area contributed by atoms with E-state index in [0.29, 0.717) is 11.8 Å². The first-order valence-electron chi connectivity index (χ1n) is 10.3. The zero-order valence-corrected chi connectivity index (χ0v) is 18.0. The molecule has 4 rings (SSSR count). The summed E-state index contributed by atoms with van der Waals surface area (Å²) in [6.07, 6.45) is 7.00. The highest BCUT2D eigenvalue weighted by Gasteiger charge is 2.29. The number of primary amides is 1. The van der Waals surface area contributed by atoms with E-state index in [-0.39, 0.29) is 11.6 Å². The molecule has 0 unspecified atom stereocenters. The highest BCUT2D eigenvalue weighted by molar-refractivity contribution is 9.10. The lowest BCUT2D eigenvalue weighted by atomic mass is 9.79. The van der Waals surface area contributed by atoms with Crippen LogP contribution in [0.5, 0.6) is 0 Å². The van der Waals surface area contributed by atoms with Crippen LogP contribution in [-0.2, 0) is 11.2 Å². The van der Waals surface area contributed by atoms with Gasteiger partial charge < -0.3 is 16.0 Å². The third kappa shape index (κ3) is 4.48. The maximum absolute atomic E-state index is 12.7.